The largest absolute Gasteiger partial charge is 0.369 e. The molecule has 0 amide bonds. The lowest BCUT2D eigenvalue weighted by Crippen LogP contribution is -2.37. The van der Waals surface area contributed by atoms with Crippen LogP contribution < -0.4 is 10.2 Å². The maximum Gasteiger partial charge on any atom is 0.0412 e. The number of hydrogen-bond acceptors (Lipinski definition) is 3. The SMILES string of the molecule is CNCc1ccccc1N1CCSC(C)C1. The minimum Gasteiger partial charge on any atom is -0.369 e. The van der Waals surface area contributed by atoms with Gasteiger partial charge in [0.25, 0.3) is 0 Å². The first-order valence-corrected chi connectivity index (χ1v) is 6.95. The van der Waals surface area contributed by atoms with Crippen molar-refractivity contribution in [2.75, 3.05) is 30.8 Å². The van der Waals surface area contributed by atoms with Crippen LogP contribution in [0.1, 0.15) is 12.5 Å². The summed E-state index contributed by atoms with van der Waals surface area (Å²) in [6.07, 6.45) is 0. The summed E-state index contributed by atoms with van der Waals surface area (Å²) in [5.74, 6) is 1.25. The van der Waals surface area contributed by atoms with E-state index in [1.54, 1.807) is 0 Å². The zero-order valence-electron chi connectivity index (χ0n) is 10.1. The summed E-state index contributed by atoms with van der Waals surface area (Å²) in [4.78, 5) is 2.52. The molecule has 0 saturated carbocycles. The van der Waals surface area contributed by atoms with E-state index in [0.717, 1.165) is 11.8 Å². The monoisotopic (exact) mass is 236 g/mol. The van der Waals surface area contributed by atoms with Gasteiger partial charge in [0.1, 0.15) is 0 Å². The van der Waals surface area contributed by atoms with Crippen LogP contribution in [0.25, 0.3) is 0 Å². The van der Waals surface area contributed by atoms with Gasteiger partial charge in [0, 0.05) is 36.3 Å². The van der Waals surface area contributed by atoms with Crippen LogP contribution in [0, 0.1) is 0 Å². The van der Waals surface area contributed by atoms with E-state index in [-0.39, 0.29) is 0 Å². The normalized spacial score (nSPS) is 21.1. The van der Waals surface area contributed by atoms with Gasteiger partial charge >= 0.3 is 0 Å². The van der Waals surface area contributed by atoms with Gasteiger partial charge in [-0.1, -0.05) is 25.1 Å². The summed E-state index contributed by atoms with van der Waals surface area (Å²) in [6.45, 7) is 5.62. The summed E-state index contributed by atoms with van der Waals surface area (Å²) >= 11 is 2.08. The molecule has 0 bridgehead atoms. The molecule has 1 unspecified atom stereocenters. The minimum absolute atomic E-state index is 0.747. The maximum absolute atomic E-state index is 3.24. The van der Waals surface area contributed by atoms with E-state index < -0.39 is 0 Å². The van der Waals surface area contributed by atoms with E-state index in [4.69, 9.17) is 0 Å². The smallest absolute Gasteiger partial charge is 0.0412 e. The van der Waals surface area contributed by atoms with E-state index in [1.165, 1.54) is 30.1 Å². The summed E-state index contributed by atoms with van der Waals surface area (Å²) in [7, 11) is 2.01. The maximum atomic E-state index is 3.24. The first kappa shape index (κ1) is 11.8. The molecule has 2 rings (SSSR count). The molecule has 2 nitrogen and oxygen atoms in total. The standard InChI is InChI=1S/C13H20N2S/c1-11-10-15(7-8-16-11)13-6-4-3-5-12(13)9-14-2/h3-6,11,14H,7-10H2,1-2H3. The highest BCUT2D eigenvalue weighted by molar-refractivity contribution is 8.00. The third-order valence-electron chi connectivity index (χ3n) is 2.94. The molecule has 1 aliphatic rings. The lowest BCUT2D eigenvalue weighted by atomic mass is 10.1. The van der Waals surface area contributed by atoms with Crippen molar-refractivity contribution in [2.24, 2.45) is 0 Å². The second kappa shape index (κ2) is 5.60. The van der Waals surface area contributed by atoms with Gasteiger partial charge < -0.3 is 10.2 Å². The fraction of sp³-hybridized carbons (Fsp3) is 0.538. The van der Waals surface area contributed by atoms with Gasteiger partial charge in [0.2, 0.25) is 0 Å². The van der Waals surface area contributed by atoms with Gasteiger partial charge in [0.15, 0.2) is 0 Å². The minimum atomic E-state index is 0.747. The van der Waals surface area contributed by atoms with Gasteiger partial charge in [-0.05, 0) is 18.7 Å². The first-order chi connectivity index (χ1) is 7.81. The number of hydrogen-bond donors (Lipinski definition) is 1. The average Bonchev–Trinajstić information content (AvgIpc) is 2.30. The van der Waals surface area contributed by atoms with Crippen molar-refractivity contribution in [1.82, 2.24) is 5.32 Å². The van der Waals surface area contributed by atoms with E-state index in [1.807, 2.05) is 7.05 Å². The van der Waals surface area contributed by atoms with Gasteiger partial charge in [-0.3, -0.25) is 0 Å². The van der Waals surface area contributed by atoms with E-state index in [2.05, 4.69) is 53.2 Å². The van der Waals surface area contributed by atoms with Gasteiger partial charge in [-0.2, -0.15) is 11.8 Å². The Morgan fingerprint density at radius 1 is 1.44 bits per heavy atom. The van der Waals surface area contributed by atoms with Crippen LogP contribution >= 0.6 is 11.8 Å². The molecule has 0 radical (unpaired) electrons. The second-order valence-electron chi connectivity index (χ2n) is 4.29. The molecule has 88 valence electrons. The van der Waals surface area contributed by atoms with Gasteiger partial charge in [-0.15, -0.1) is 0 Å². The van der Waals surface area contributed by atoms with E-state index >= 15 is 0 Å². The van der Waals surface area contributed by atoms with E-state index in [9.17, 15) is 0 Å². The Hall–Kier alpha value is -0.670. The third kappa shape index (κ3) is 2.71. The van der Waals surface area contributed by atoms with Crippen LogP contribution in [0.5, 0.6) is 0 Å². The molecule has 16 heavy (non-hydrogen) atoms. The molecular formula is C13H20N2S. The van der Waals surface area contributed by atoms with Crippen LogP contribution in [-0.2, 0) is 6.54 Å². The Morgan fingerprint density at radius 3 is 3.00 bits per heavy atom. The Kier molecular flexibility index (Phi) is 4.13. The molecule has 1 heterocycles. The predicted octanol–water partition coefficient (Wildman–Crippen LogP) is 2.35. The summed E-state index contributed by atoms with van der Waals surface area (Å²) < 4.78 is 0. The average molecular weight is 236 g/mol. The Morgan fingerprint density at radius 2 is 2.25 bits per heavy atom. The summed E-state index contributed by atoms with van der Waals surface area (Å²) in [5.41, 5.74) is 2.81. The molecule has 0 aliphatic carbocycles. The number of anilines is 1. The molecule has 3 heteroatoms. The van der Waals surface area contributed by atoms with E-state index in [0.29, 0.717) is 0 Å². The summed E-state index contributed by atoms with van der Waals surface area (Å²) in [5, 5.41) is 3.99. The molecule has 1 atom stereocenters. The lowest BCUT2D eigenvalue weighted by Gasteiger charge is -2.33. The molecule has 1 aliphatic heterocycles. The van der Waals surface area contributed by atoms with Crippen LogP contribution in [0.2, 0.25) is 0 Å². The lowest BCUT2D eigenvalue weighted by molar-refractivity contribution is 0.761. The quantitative estimate of drug-likeness (QED) is 0.867. The third-order valence-corrected chi connectivity index (χ3v) is 4.08. The van der Waals surface area contributed by atoms with Crippen molar-refractivity contribution in [3.05, 3.63) is 29.8 Å². The Balaban J connectivity index is 2.17. The van der Waals surface area contributed by atoms with Crippen molar-refractivity contribution in [3.63, 3.8) is 0 Å². The molecule has 0 spiro atoms. The van der Waals surface area contributed by atoms with Crippen molar-refractivity contribution < 1.29 is 0 Å². The van der Waals surface area contributed by atoms with Gasteiger partial charge in [-0.25, -0.2) is 0 Å². The first-order valence-electron chi connectivity index (χ1n) is 5.90. The predicted molar refractivity (Wildman–Crippen MR) is 73.3 cm³/mol. The fourth-order valence-electron chi connectivity index (χ4n) is 2.20. The molecule has 1 N–H and O–H groups in total. The number of para-hydroxylation sites is 1. The molecule has 1 fully saturated rings. The van der Waals surface area contributed by atoms with Crippen LogP contribution in [0.3, 0.4) is 0 Å². The zero-order valence-corrected chi connectivity index (χ0v) is 10.9. The molecule has 0 aromatic heterocycles. The Bertz CT molecular complexity index is 340. The van der Waals surface area contributed by atoms with Crippen molar-refractivity contribution in [1.29, 1.82) is 0 Å². The van der Waals surface area contributed by atoms with Crippen molar-refractivity contribution >= 4 is 17.4 Å². The van der Waals surface area contributed by atoms with Crippen LogP contribution in [-0.4, -0.2) is 31.1 Å². The molecular weight excluding hydrogens is 216 g/mol. The van der Waals surface area contributed by atoms with Crippen LogP contribution in [0.4, 0.5) is 5.69 Å². The molecule has 1 aromatic carbocycles. The molecule has 1 aromatic rings. The van der Waals surface area contributed by atoms with Crippen LogP contribution in [0.15, 0.2) is 24.3 Å². The number of rotatable bonds is 3. The highest BCUT2D eigenvalue weighted by Crippen LogP contribution is 2.26. The summed E-state index contributed by atoms with van der Waals surface area (Å²) in [6, 6.07) is 8.73. The molecule has 1 saturated heterocycles. The van der Waals surface area contributed by atoms with Crippen molar-refractivity contribution in [3.8, 4) is 0 Å². The fourth-order valence-corrected chi connectivity index (χ4v) is 3.21. The highest BCUT2D eigenvalue weighted by atomic mass is 32.2. The van der Waals surface area contributed by atoms with Gasteiger partial charge in [0.05, 0.1) is 0 Å². The number of nitrogens with zero attached hydrogens (tertiary/aromatic N) is 1. The number of nitrogens with one attached hydrogen (secondary N) is 1. The van der Waals surface area contributed by atoms with Crippen molar-refractivity contribution in [2.45, 2.75) is 18.7 Å². The number of benzene rings is 1. The second-order valence-corrected chi connectivity index (χ2v) is 5.83. The zero-order chi connectivity index (χ0) is 11.4. The Labute approximate surface area is 102 Å². The highest BCUT2D eigenvalue weighted by Gasteiger charge is 2.18. The topological polar surface area (TPSA) is 15.3 Å². The number of thioether (sulfide) groups is 1.